The first kappa shape index (κ1) is 15.9. The number of aliphatic hydroxyl groups excluding tert-OH is 1. The minimum Gasteiger partial charge on any atom is -0.393 e. The fourth-order valence-electron chi connectivity index (χ4n) is 7.32. The van der Waals surface area contributed by atoms with Gasteiger partial charge in [0.25, 0.3) is 0 Å². The summed E-state index contributed by atoms with van der Waals surface area (Å²) in [6.07, 6.45) is 10.6. The van der Waals surface area contributed by atoms with Crippen molar-refractivity contribution in [2.45, 2.75) is 71.3 Å². The van der Waals surface area contributed by atoms with Crippen molar-refractivity contribution in [2.75, 3.05) is 0 Å². The van der Waals surface area contributed by atoms with E-state index in [4.69, 9.17) is 0 Å². The minimum absolute atomic E-state index is 0.0557. The summed E-state index contributed by atoms with van der Waals surface area (Å²) >= 11 is 0. The maximum atomic E-state index is 12.5. The number of hydrogen-bond acceptors (Lipinski definition) is 2. The molecule has 23 heavy (non-hydrogen) atoms. The van der Waals surface area contributed by atoms with Gasteiger partial charge in [-0.1, -0.05) is 19.9 Å². The molecular weight excluding hydrogens is 284 g/mol. The standard InChI is InChI=1S/C21H32O2/c1-4-13-11-14-12-15(22)7-9-20(14,2)17-8-10-21(3)16(19(13)17)5-6-18(21)23/h4,13-17,19,22H,1,5-12H2,2-3H3/t13?,14-,15-,16-,17-,19-,20-,21-/m0/s1. The maximum Gasteiger partial charge on any atom is 0.139 e. The highest BCUT2D eigenvalue weighted by molar-refractivity contribution is 5.87. The smallest absolute Gasteiger partial charge is 0.139 e. The van der Waals surface area contributed by atoms with Crippen molar-refractivity contribution in [1.82, 2.24) is 0 Å². The second-order valence-corrected chi connectivity index (χ2v) is 9.47. The summed E-state index contributed by atoms with van der Waals surface area (Å²) in [4.78, 5) is 12.5. The second-order valence-electron chi connectivity index (χ2n) is 9.47. The molecule has 0 heterocycles. The van der Waals surface area contributed by atoms with Crippen LogP contribution in [0.5, 0.6) is 0 Å². The van der Waals surface area contributed by atoms with Crippen molar-refractivity contribution in [3.8, 4) is 0 Å². The fraction of sp³-hybridized carbons (Fsp3) is 0.857. The van der Waals surface area contributed by atoms with Gasteiger partial charge >= 0.3 is 0 Å². The van der Waals surface area contributed by atoms with Crippen LogP contribution in [-0.4, -0.2) is 17.0 Å². The van der Waals surface area contributed by atoms with Gasteiger partial charge in [0, 0.05) is 11.8 Å². The lowest BCUT2D eigenvalue weighted by Gasteiger charge is -2.62. The van der Waals surface area contributed by atoms with Crippen molar-refractivity contribution in [3.63, 3.8) is 0 Å². The minimum atomic E-state index is -0.1000. The summed E-state index contributed by atoms with van der Waals surface area (Å²) in [6, 6.07) is 0. The third kappa shape index (κ3) is 2.06. The number of rotatable bonds is 1. The number of hydrogen-bond donors (Lipinski definition) is 1. The van der Waals surface area contributed by atoms with Crippen LogP contribution in [-0.2, 0) is 4.79 Å². The average molecular weight is 316 g/mol. The summed E-state index contributed by atoms with van der Waals surface area (Å²) in [6.45, 7) is 8.92. The third-order valence-electron chi connectivity index (χ3n) is 8.75. The van der Waals surface area contributed by atoms with Gasteiger partial charge in [-0.25, -0.2) is 0 Å². The molecule has 1 N–H and O–H groups in total. The number of Topliss-reactive ketones (excluding diaryl/α,β-unsaturated/α-hetero) is 1. The summed E-state index contributed by atoms with van der Waals surface area (Å²) in [5.41, 5.74) is 0.316. The predicted molar refractivity (Wildman–Crippen MR) is 91.8 cm³/mol. The lowest BCUT2D eigenvalue weighted by molar-refractivity contribution is -0.149. The molecule has 4 fully saturated rings. The first-order chi connectivity index (χ1) is 10.9. The molecule has 4 aliphatic rings. The molecule has 4 aliphatic carbocycles. The molecular formula is C21H32O2. The van der Waals surface area contributed by atoms with Crippen molar-refractivity contribution >= 4 is 5.78 Å². The number of carbonyl (C=O) groups is 1. The van der Waals surface area contributed by atoms with E-state index >= 15 is 0 Å². The molecule has 4 saturated carbocycles. The highest BCUT2D eigenvalue weighted by Crippen LogP contribution is 2.66. The molecule has 1 unspecified atom stereocenters. The Kier molecular flexibility index (Phi) is 3.58. The lowest BCUT2D eigenvalue weighted by Crippen LogP contribution is -2.56. The Labute approximate surface area is 140 Å². The molecule has 2 nitrogen and oxygen atoms in total. The number of fused-ring (bicyclic) bond motifs is 5. The zero-order chi connectivity index (χ0) is 16.4. The van der Waals surface area contributed by atoms with E-state index in [1.807, 2.05) is 0 Å². The third-order valence-corrected chi connectivity index (χ3v) is 8.75. The highest BCUT2D eigenvalue weighted by Gasteiger charge is 2.62. The highest BCUT2D eigenvalue weighted by atomic mass is 16.3. The molecule has 0 aliphatic heterocycles. The first-order valence-electron chi connectivity index (χ1n) is 9.74. The molecule has 128 valence electrons. The Balaban J connectivity index is 1.72. The van der Waals surface area contributed by atoms with Crippen LogP contribution < -0.4 is 0 Å². The van der Waals surface area contributed by atoms with Crippen molar-refractivity contribution < 1.29 is 9.90 Å². The van der Waals surface area contributed by atoms with Crippen LogP contribution in [0.1, 0.15) is 65.2 Å². The van der Waals surface area contributed by atoms with E-state index in [9.17, 15) is 9.90 Å². The summed E-state index contributed by atoms with van der Waals surface area (Å²) in [5, 5.41) is 10.2. The number of ketones is 1. The molecule has 0 aromatic heterocycles. The molecule has 0 saturated heterocycles. The Morgan fingerprint density at radius 1 is 1.13 bits per heavy atom. The van der Waals surface area contributed by atoms with Crippen LogP contribution in [0, 0.1) is 40.4 Å². The second kappa shape index (κ2) is 5.18. The van der Waals surface area contributed by atoms with Crippen LogP contribution in [0.15, 0.2) is 12.7 Å². The largest absolute Gasteiger partial charge is 0.393 e. The summed E-state index contributed by atoms with van der Waals surface area (Å²) in [7, 11) is 0. The first-order valence-corrected chi connectivity index (χ1v) is 9.74. The summed E-state index contributed by atoms with van der Waals surface area (Å²) in [5.74, 6) is 3.64. The van der Waals surface area contributed by atoms with E-state index in [-0.39, 0.29) is 11.5 Å². The van der Waals surface area contributed by atoms with Crippen LogP contribution in [0.3, 0.4) is 0 Å². The monoisotopic (exact) mass is 316 g/mol. The van der Waals surface area contributed by atoms with Gasteiger partial charge in [-0.3, -0.25) is 4.79 Å². The molecule has 0 aromatic carbocycles. The van der Waals surface area contributed by atoms with Gasteiger partial charge in [-0.15, -0.1) is 6.58 Å². The predicted octanol–water partition coefficient (Wildman–Crippen LogP) is 4.37. The molecule has 0 amide bonds. The topological polar surface area (TPSA) is 37.3 Å². The molecule has 0 aromatic rings. The normalized spacial score (nSPS) is 55.7. The molecule has 8 atom stereocenters. The van der Waals surface area contributed by atoms with Gasteiger partial charge in [-0.2, -0.15) is 0 Å². The Morgan fingerprint density at radius 3 is 2.65 bits per heavy atom. The van der Waals surface area contributed by atoms with E-state index in [0.29, 0.717) is 34.9 Å². The van der Waals surface area contributed by atoms with Gasteiger partial charge in [0.1, 0.15) is 5.78 Å². The van der Waals surface area contributed by atoms with Gasteiger partial charge < -0.3 is 5.11 Å². The average Bonchev–Trinajstić information content (AvgIpc) is 2.83. The van der Waals surface area contributed by atoms with Crippen LogP contribution in [0.2, 0.25) is 0 Å². The Bertz CT molecular complexity index is 526. The van der Waals surface area contributed by atoms with E-state index in [1.165, 1.54) is 19.3 Å². The maximum absolute atomic E-state index is 12.5. The van der Waals surface area contributed by atoms with Crippen molar-refractivity contribution in [2.24, 2.45) is 40.4 Å². The molecule has 0 bridgehead atoms. The van der Waals surface area contributed by atoms with Crippen LogP contribution >= 0.6 is 0 Å². The quantitative estimate of drug-likeness (QED) is 0.729. The Morgan fingerprint density at radius 2 is 1.91 bits per heavy atom. The summed E-state index contributed by atoms with van der Waals surface area (Å²) < 4.78 is 0. The zero-order valence-corrected chi connectivity index (χ0v) is 14.8. The van der Waals surface area contributed by atoms with Crippen molar-refractivity contribution in [3.05, 3.63) is 12.7 Å². The number of allylic oxidation sites excluding steroid dienone is 1. The number of carbonyl (C=O) groups excluding carboxylic acids is 1. The zero-order valence-electron chi connectivity index (χ0n) is 14.8. The molecule has 2 heteroatoms. The fourth-order valence-corrected chi connectivity index (χ4v) is 7.32. The number of aliphatic hydroxyl groups is 1. The van der Waals surface area contributed by atoms with E-state index in [1.54, 1.807) is 0 Å². The van der Waals surface area contributed by atoms with E-state index in [2.05, 4.69) is 26.5 Å². The lowest BCUT2D eigenvalue weighted by atomic mass is 9.43. The van der Waals surface area contributed by atoms with E-state index < -0.39 is 0 Å². The van der Waals surface area contributed by atoms with Gasteiger partial charge in [-0.05, 0) is 80.0 Å². The van der Waals surface area contributed by atoms with Crippen LogP contribution in [0.25, 0.3) is 0 Å². The van der Waals surface area contributed by atoms with Gasteiger partial charge in [0.05, 0.1) is 6.10 Å². The van der Waals surface area contributed by atoms with Gasteiger partial charge in [0.15, 0.2) is 0 Å². The van der Waals surface area contributed by atoms with Crippen LogP contribution in [0.4, 0.5) is 0 Å². The van der Waals surface area contributed by atoms with Gasteiger partial charge in [0.2, 0.25) is 0 Å². The van der Waals surface area contributed by atoms with Crippen molar-refractivity contribution in [1.29, 1.82) is 0 Å². The molecule has 4 rings (SSSR count). The molecule has 0 radical (unpaired) electrons. The SMILES string of the molecule is C=CC1C[C@H]2C[C@@H](O)CC[C@]2(C)[C@H]2CC[C@]3(C)C(=O)CC[C@H]3[C@H]12. The Hall–Kier alpha value is -0.630. The van der Waals surface area contributed by atoms with E-state index in [0.717, 1.165) is 38.0 Å². The molecule has 0 spiro atoms.